The van der Waals surface area contributed by atoms with Gasteiger partial charge in [-0.25, -0.2) is 4.98 Å². The summed E-state index contributed by atoms with van der Waals surface area (Å²) in [5.41, 5.74) is 6.28. The van der Waals surface area contributed by atoms with Gasteiger partial charge in [0.2, 0.25) is 0 Å². The topological polar surface area (TPSA) is 56.0 Å². The molecule has 1 aromatic heterocycles. The van der Waals surface area contributed by atoms with Crippen LogP contribution in [-0.2, 0) is 16.6 Å². The largest absolute Gasteiger partial charge is 0.330 e. The molecule has 0 radical (unpaired) electrons. The summed E-state index contributed by atoms with van der Waals surface area (Å²) in [6, 6.07) is 0. The Morgan fingerprint density at radius 3 is 3.00 bits per heavy atom. The van der Waals surface area contributed by atoms with Crippen LogP contribution in [0.5, 0.6) is 0 Å². The molecule has 0 fully saturated rings. The predicted octanol–water partition coefficient (Wildman–Crippen LogP) is 0.659. The zero-order valence-electron chi connectivity index (χ0n) is 6.95. The molecule has 0 saturated heterocycles. The molecule has 12 heavy (non-hydrogen) atoms. The molecule has 0 spiro atoms. The highest BCUT2D eigenvalue weighted by Gasteiger charge is 2.03. The monoisotopic (exact) mass is 204 g/mol. The maximum atomic E-state index is 11.2. The van der Waals surface area contributed by atoms with Crippen LogP contribution >= 0.6 is 11.3 Å². The molecule has 1 aromatic rings. The van der Waals surface area contributed by atoms with Gasteiger partial charge in [0, 0.05) is 34.2 Å². The van der Waals surface area contributed by atoms with Gasteiger partial charge >= 0.3 is 0 Å². The third-order valence-corrected chi connectivity index (χ3v) is 3.73. The van der Waals surface area contributed by atoms with E-state index in [1.807, 2.05) is 12.3 Å². The first-order chi connectivity index (χ1) is 5.72. The molecule has 0 aromatic carbocycles. The maximum absolute atomic E-state index is 11.2. The summed E-state index contributed by atoms with van der Waals surface area (Å²) >= 11 is 1.56. The second-order valence-corrected chi connectivity index (χ2v) is 4.98. The quantitative estimate of drug-likeness (QED) is 0.784. The molecular formula is C7H12N2OS2. The number of aromatic nitrogens is 1. The normalized spacial score (nSPS) is 13.2. The highest BCUT2D eigenvalue weighted by atomic mass is 32.2. The Morgan fingerprint density at radius 1 is 1.75 bits per heavy atom. The van der Waals surface area contributed by atoms with Gasteiger partial charge in [0.05, 0.1) is 5.75 Å². The highest BCUT2D eigenvalue weighted by molar-refractivity contribution is 7.84. The van der Waals surface area contributed by atoms with E-state index in [9.17, 15) is 4.21 Å². The Balaban J connectivity index is 2.46. The van der Waals surface area contributed by atoms with Gasteiger partial charge in [-0.15, -0.1) is 11.3 Å². The van der Waals surface area contributed by atoms with E-state index in [0.717, 1.165) is 10.7 Å². The molecule has 1 atom stereocenters. The van der Waals surface area contributed by atoms with Gasteiger partial charge in [-0.2, -0.15) is 0 Å². The van der Waals surface area contributed by atoms with E-state index in [4.69, 9.17) is 5.73 Å². The Kier molecular flexibility index (Phi) is 3.84. The van der Waals surface area contributed by atoms with E-state index in [1.165, 1.54) is 0 Å². The molecular weight excluding hydrogens is 192 g/mol. The molecule has 0 amide bonds. The van der Waals surface area contributed by atoms with Crippen LogP contribution in [0.1, 0.15) is 10.7 Å². The van der Waals surface area contributed by atoms with Crippen molar-refractivity contribution < 1.29 is 4.21 Å². The number of hydrogen-bond acceptors (Lipinski definition) is 4. The fraction of sp³-hybridized carbons (Fsp3) is 0.571. The molecule has 68 valence electrons. The summed E-state index contributed by atoms with van der Waals surface area (Å²) in [7, 11) is -0.835. The molecule has 1 heterocycles. The molecule has 0 aliphatic carbocycles. The van der Waals surface area contributed by atoms with E-state index in [-0.39, 0.29) is 0 Å². The lowest BCUT2D eigenvalue weighted by Crippen LogP contribution is -2.11. The number of hydrogen-bond donors (Lipinski definition) is 1. The first-order valence-electron chi connectivity index (χ1n) is 3.68. The van der Waals surface area contributed by atoms with Gasteiger partial charge in [-0.05, 0) is 6.92 Å². The number of nitrogens with zero attached hydrogens (tertiary/aromatic N) is 1. The lowest BCUT2D eigenvalue weighted by molar-refractivity contribution is 0.682. The van der Waals surface area contributed by atoms with Crippen LogP contribution in [0.25, 0.3) is 0 Å². The molecule has 0 bridgehead atoms. The van der Waals surface area contributed by atoms with E-state index in [1.54, 1.807) is 11.3 Å². The fourth-order valence-corrected chi connectivity index (χ4v) is 2.78. The second-order valence-electron chi connectivity index (χ2n) is 2.46. The minimum Gasteiger partial charge on any atom is -0.330 e. The van der Waals surface area contributed by atoms with Gasteiger partial charge in [0.15, 0.2) is 0 Å². The van der Waals surface area contributed by atoms with Crippen LogP contribution in [0.3, 0.4) is 0 Å². The standard InChI is InChI=1S/C7H12N2OS2/c1-6-4-11-7(9-6)5-12(10)3-2-8/h4H,2-3,5,8H2,1H3. The number of nitrogens with two attached hydrogens (primary N) is 1. The van der Waals surface area contributed by atoms with Gasteiger partial charge < -0.3 is 5.73 Å². The molecule has 1 unspecified atom stereocenters. The van der Waals surface area contributed by atoms with Crippen LogP contribution in [-0.4, -0.2) is 21.5 Å². The Morgan fingerprint density at radius 2 is 2.50 bits per heavy atom. The molecule has 0 aliphatic heterocycles. The fourth-order valence-electron chi connectivity index (χ4n) is 0.810. The van der Waals surface area contributed by atoms with E-state index in [2.05, 4.69) is 4.98 Å². The third-order valence-electron chi connectivity index (χ3n) is 1.30. The third kappa shape index (κ3) is 3.00. The minimum absolute atomic E-state index is 0.483. The smallest absolute Gasteiger partial charge is 0.105 e. The van der Waals surface area contributed by atoms with E-state index < -0.39 is 10.8 Å². The van der Waals surface area contributed by atoms with Crippen LogP contribution in [0.15, 0.2) is 5.38 Å². The van der Waals surface area contributed by atoms with Crippen molar-refractivity contribution in [3.05, 3.63) is 16.1 Å². The average molecular weight is 204 g/mol. The first kappa shape index (κ1) is 9.83. The number of aryl methyl sites for hydroxylation is 1. The Bertz CT molecular complexity index is 272. The lowest BCUT2D eigenvalue weighted by atomic mass is 10.6. The molecule has 0 saturated carbocycles. The zero-order valence-corrected chi connectivity index (χ0v) is 8.58. The number of thiazole rings is 1. The Labute approximate surface area is 78.5 Å². The van der Waals surface area contributed by atoms with Crippen molar-refractivity contribution in [2.75, 3.05) is 12.3 Å². The molecule has 3 nitrogen and oxygen atoms in total. The molecule has 2 N–H and O–H groups in total. The summed E-state index contributed by atoms with van der Waals surface area (Å²) in [5, 5.41) is 2.91. The van der Waals surface area contributed by atoms with Crippen LogP contribution < -0.4 is 5.73 Å². The summed E-state index contributed by atoms with van der Waals surface area (Å²) in [5.74, 6) is 1.12. The summed E-state index contributed by atoms with van der Waals surface area (Å²) in [6.07, 6.45) is 0. The number of rotatable bonds is 4. The maximum Gasteiger partial charge on any atom is 0.105 e. The predicted molar refractivity (Wildman–Crippen MR) is 52.6 cm³/mol. The van der Waals surface area contributed by atoms with Gasteiger partial charge in [-0.1, -0.05) is 0 Å². The second kappa shape index (κ2) is 4.69. The summed E-state index contributed by atoms with van der Waals surface area (Å²) in [6.45, 7) is 2.42. The lowest BCUT2D eigenvalue weighted by Gasteiger charge is -1.95. The van der Waals surface area contributed by atoms with Crippen LogP contribution in [0.4, 0.5) is 0 Å². The molecule has 0 aliphatic rings. The van der Waals surface area contributed by atoms with Crippen molar-refractivity contribution in [1.82, 2.24) is 4.98 Å². The van der Waals surface area contributed by atoms with Crippen molar-refractivity contribution in [3.8, 4) is 0 Å². The van der Waals surface area contributed by atoms with Crippen LogP contribution in [0.2, 0.25) is 0 Å². The van der Waals surface area contributed by atoms with Crippen molar-refractivity contribution in [2.45, 2.75) is 12.7 Å². The highest BCUT2D eigenvalue weighted by Crippen LogP contribution is 2.10. The van der Waals surface area contributed by atoms with Gasteiger partial charge in [0.25, 0.3) is 0 Å². The van der Waals surface area contributed by atoms with E-state index in [0.29, 0.717) is 18.1 Å². The van der Waals surface area contributed by atoms with Crippen LogP contribution in [0, 0.1) is 6.92 Å². The van der Waals surface area contributed by atoms with E-state index >= 15 is 0 Å². The Hall–Kier alpha value is -0.260. The molecule has 1 rings (SSSR count). The average Bonchev–Trinajstić information content (AvgIpc) is 2.36. The summed E-state index contributed by atoms with van der Waals surface area (Å²) in [4.78, 5) is 4.22. The van der Waals surface area contributed by atoms with Crippen molar-refractivity contribution in [1.29, 1.82) is 0 Å². The first-order valence-corrected chi connectivity index (χ1v) is 6.05. The summed E-state index contributed by atoms with van der Waals surface area (Å²) < 4.78 is 11.2. The van der Waals surface area contributed by atoms with Crippen molar-refractivity contribution in [2.24, 2.45) is 5.73 Å². The molecule has 5 heteroatoms. The van der Waals surface area contributed by atoms with Gasteiger partial charge in [0.1, 0.15) is 5.01 Å². The SMILES string of the molecule is Cc1csc(CS(=O)CCN)n1. The zero-order chi connectivity index (χ0) is 8.97. The minimum atomic E-state index is -0.835. The van der Waals surface area contributed by atoms with Gasteiger partial charge in [-0.3, -0.25) is 4.21 Å². The van der Waals surface area contributed by atoms with Crippen molar-refractivity contribution in [3.63, 3.8) is 0 Å². The van der Waals surface area contributed by atoms with Crippen molar-refractivity contribution >= 4 is 22.1 Å².